The summed E-state index contributed by atoms with van der Waals surface area (Å²) in [6.07, 6.45) is 21.8. The first kappa shape index (κ1) is 22.4. The maximum absolute atomic E-state index is 9.08. The van der Waals surface area contributed by atoms with Crippen LogP contribution in [-0.4, -0.2) is 0 Å². The Morgan fingerprint density at radius 3 is 2.00 bits per heavy atom. The summed E-state index contributed by atoms with van der Waals surface area (Å²) >= 11 is 0. The molecule has 1 aromatic carbocycles. The van der Waals surface area contributed by atoms with E-state index in [1.807, 2.05) is 0 Å². The van der Waals surface area contributed by atoms with E-state index in [4.69, 9.17) is 5.26 Å². The summed E-state index contributed by atoms with van der Waals surface area (Å²) in [5, 5.41) is 9.08. The molecule has 1 heteroatoms. The van der Waals surface area contributed by atoms with E-state index in [1.54, 1.807) is 0 Å². The van der Waals surface area contributed by atoms with E-state index < -0.39 is 0 Å². The average molecular weight is 394 g/mol. The number of hydrogen-bond acceptors (Lipinski definition) is 1. The molecule has 0 heterocycles. The molecule has 3 rings (SSSR count). The van der Waals surface area contributed by atoms with Gasteiger partial charge in [0.2, 0.25) is 0 Å². The lowest BCUT2D eigenvalue weighted by atomic mass is 9.77. The minimum atomic E-state index is 0.307. The molecule has 2 saturated carbocycles. The smallest absolute Gasteiger partial charge is 0.0655 e. The van der Waals surface area contributed by atoms with Gasteiger partial charge < -0.3 is 0 Å². The van der Waals surface area contributed by atoms with E-state index in [0.29, 0.717) is 11.8 Å². The highest BCUT2D eigenvalue weighted by Gasteiger charge is 2.22. The fraction of sp³-hybridized carbons (Fsp3) is 0.750. The molecular weight excluding hydrogens is 350 g/mol. The van der Waals surface area contributed by atoms with Gasteiger partial charge >= 0.3 is 0 Å². The van der Waals surface area contributed by atoms with Crippen molar-refractivity contribution < 1.29 is 0 Å². The fourth-order valence-corrected chi connectivity index (χ4v) is 5.73. The highest BCUT2D eigenvalue weighted by Crippen LogP contribution is 2.36. The molecule has 2 aliphatic carbocycles. The molecule has 2 aliphatic rings. The number of benzene rings is 1. The standard InChI is InChI=1S/C28H43N/c1-2-3-4-5-6-7-23-8-10-24(11-9-23)12-13-25-14-18-27(19-15-25)28-20-16-26(22-29)17-21-28/h14-15,18-19,23-24,26,28H,2-13,16-17,20-21H2,1H3/t23-,24-,26-,28-. The minimum absolute atomic E-state index is 0.307. The van der Waals surface area contributed by atoms with Crippen LogP contribution in [0.1, 0.15) is 120 Å². The third kappa shape index (κ3) is 7.47. The second kappa shape index (κ2) is 12.4. The van der Waals surface area contributed by atoms with Crippen molar-refractivity contribution in [3.8, 4) is 6.07 Å². The largest absolute Gasteiger partial charge is 0.198 e. The summed E-state index contributed by atoms with van der Waals surface area (Å²) in [7, 11) is 0. The van der Waals surface area contributed by atoms with E-state index in [-0.39, 0.29) is 0 Å². The second-order valence-electron chi connectivity index (χ2n) is 10.0. The fourth-order valence-electron chi connectivity index (χ4n) is 5.73. The third-order valence-electron chi connectivity index (χ3n) is 7.88. The maximum Gasteiger partial charge on any atom is 0.0655 e. The molecule has 0 aromatic heterocycles. The summed E-state index contributed by atoms with van der Waals surface area (Å²) in [5.74, 6) is 2.99. The van der Waals surface area contributed by atoms with Gasteiger partial charge in [0.25, 0.3) is 0 Å². The summed E-state index contributed by atoms with van der Waals surface area (Å²) in [4.78, 5) is 0. The van der Waals surface area contributed by atoms with Crippen molar-refractivity contribution in [2.24, 2.45) is 17.8 Å². The molecule has 0 saturated heterocycles. The van der Waals surface area contributed by atoms with Gasteiger partial charge in [-0.15, -0.1) is 0 Å². The minimum Gasteiger partial charge on any atom is -0.198 e. The molecule has 0 N–H and O–H groups in total. The first-order valence-electron chi connectivity index (χ1n) is 12.8. The van der Waals surface area contributed by atoms with Crippen LogP contribution in [0, 0.1) is 29.1 Å². The Kier molecular flexibility index (Phi) is 9.59. The topological polar surface area (TPSA) is 23.8 Å². The van der Waals surface area contributed by atoms with Gasteiger partial charge in [0.1, 0.15) is 0 Å². The van der Waals surface area contributed by atoms with Crippen molar-refractivity contribution >= 4 is 0 Å². The van der Waals surface area contributed by atoms with E-state index in [1.165, 1.54) is 101 Å². The van der Waals surface area contributed by atoms with Crippen LogP contribution in [0.4, 0.5) is 0 Å². The van der Waals surface area contributed by atoms with Crippen molar-refractivity contribution in [3.63, 3.8) is 0 Å². The molecule has 1 nitrogen and oxygen atoms in total. The summed E-state index contributed by atoms with van der Waals surface area (Å²) < 4.78 is 0. The number of nitriles is 1. The van der Waals surface area contributed by atoms with Gasteiger partial charge in [-0.25, -0.2) is 0 Å². The first-order chi connectivity index (χ1) is 14.3. The monoisotopic (exact) mass is 393 g/mol. The van der Waals surface area contributed by atoms with Gasteiger partial charge in [-0.2, -0.15) is 5.26 Å². The lowest BCUT2D eigenvalue weighted by Crippen LogP contribution is -2.15. The SMILES string of the molecule is CCCCCCC[C@H]1CC[C@H](CCc2ccc([C@H]3CC[C@H](C#N)CC3)cc2)CC1. The highest BCUT2D eigenvalue weighted by molar-refractivity contribution is 5.26. The van der Waals surface area contributed by atoms with Gasteiger partial charge in [-0.1, -0.05) is 95.4 Å². The van der Waals surface area contributed by atoms with Crippen molar-refractivity contribution in [2.45, 2.75) is 116 Å². The van der Waals surface area contributed by atoms with Crippen molar-refractivity contribution in [1.82, 2.24) is 0 Å². The van der Waals surface area contributed by atoms with Crippen LogP contribution in [0.5, 0.6) is 0 Å². The van der Waals surface area contributed by atoms with Gasteiger partial charge in [0, 0.05) is 5.92 Å². The van der Waals surface area contributed by atoms with Gasteiger partial charge in [-0.3, -0.25) is 0 Å². The summed E-state index contributed by atoms with van der Waals surface area (Å²) in [6, 6.07) is 12.0. The molecule has 0 radical (unpaired) electrons. The van der Waals surface area contributed by atoms with Crippen molar-refractivity contribution in [3.05, 3.63) is 35.4 Å². The molecule has 29 heavy (non-hydrogen) atoms. The molecular formula is C28H43N. The summed E-state index contributed by atoms with van der Waals surface area (Å²) in [5.41, 5.74) is 3.03. The van der Waals surface area contributed by atoms with Crippen LogP contribution < -0.4 is 0 Å². The van der Waals surface area contributed by atoms with Gasteiger partial charge in [-0.05, 0) is 67.4 Å². The van der Waals surface area contributed by atoms with Crippen LogP contribution in [0.2, 0.25) is 0 Å². The van der Waals surface area contributed by atoms with E-state index in [9.17, 15) is 0 Å². The predicted octanol–water partition coefficient (Wildman–Crippen LogP) is 8.58. The highest BCUT2D eigenvalue weighted by atomic mass is 14.3. The van der Waals surface area contributed by atoms with Crippen molar-refractivity contribution in [1.29, 1.82) is 5.26 Å². The normalized spacial score (nSPS) is 27.4. The van der Waals surface area contributed by atoms with Crippen LogP contribution in [0.3, 0.4) is 0 Å². The van der Waals surface area contributed by atoms with E-state index in [2.05, 4.69) is 37.3 Å². The molecule has 0 spiro atoms. The number of unbranched alkanes of at least 4 members (excludes halogenated alkanes) is 4. The molecule has 0 amide bonds. The zero-order valence-corrected chi connectivity index (χ0v) is 18.9. The van der Waals surface area contributed by atoms with Crippen molar-refractivity contribution in [2.75, 3.05) is 0 Å². The van der Waals surface area contributed by atoms with E-state index >= 15 is 0 Å². The second-order valence-corrected chi connectivity index (χ2v) is 10.0. The predicted molar refractivity (Wildman–Crippen MR) is 124 cm³/mol. The third-order valence-corrected chi connectivity index (χ3v) is 7.88. The molecule has 160 valence electrons. The lowest BCUT2D eigenvalue weighted by Gasteiger charge is -2.28. The molecule has 0 unspecified atom stereocenters. The Morgan fingerprint density at radius 1 is 0.759 bits per heavy atom. The van der Waals surface area contributed by atoms with Gasteiger partial charge in [0.05, 0.1) is 6.07 Å². The van der Waals surface area contributed by atoms with Crippen LogP contribution >= 0.6 is 0 Å². The Balaban J connectivity index is 1.31. The lowest BCUT2D eigenvalue weighted by molar-refractivity contribution is 0.248. The summed E-state index contributed by atoms with van der Waals surface area (Å²) in [6.45, 7) is 2.30. The Morgan fingerprint density at radius 2 is 1.38 bits per heavy atom. The number of nitrogens with zero attached hydrogens (tertiary/aromatic N) is 1. The Hall–Kier alpha value is -1.29. The molecule has 2 fully saturated rings. The molecule has 1 aromatic rings. The number of hydrogen-bond donors (Lipinski definition) is 0. The van der Waals surface area contributed by atoms with Crippen LogP contribution in [0.15, 0.2) is 24.3 Å². The maximum atomic E-state index is 9.08. The first-order valence-corrected chi connectivity index (χ1v) is 12.8. The zero-order valence-electron chi connectivity index (χ0n) is 18.9. The Bertz CT molecular complexity index is 594. The zero-order chi connectivity index (χ0) is 20.3. The Labute approximate surface area is 180 Å². The number of aryl methyl sites for hydroxylation is 1. The van der Waals surface area contributed by atoms with Crippen LogP contribution in [-0.2, 0) is 6.42 Å². The molecule has 0 atom stereocenters. The molecule has 0 aliphatic heterocycles. The molecule has 0 bridgehead atoms. The van der Waals surface area contributed by atoms with Gasteiger partial charge in [0.15, 0.2) is 0 Å². The number of rotatable bonds is 10. The quantitative estimate of drug-likeness (QED) is 0.365. The van der Waals surface area contributed by atoms with E-state index in [0.717, 1.165) is 24.7 Å². The van der Waals surface area contributed by atoms with Crippen LogP contribution in [0.25, 0.3) is 0 Å². The average Bonchev–Trinajstić information content (AvgIpc) is 2.79.